The van der Waals surface area contributed by atoms with Gasteiger partial charge < -0.3 is 15.2 Å². The van der Waals surface area contributed by atoms with Gasteiger partial charge in [0, 0.05) is 59.3 Å². The Morgan fingerprint density at radius 1 is 1.03 bits per heavy atom. The monoisotopic (exact) mass is 463 g/mol. The second-order valence-corrected chi connectivity index (χ2v) is 9.36. The highest BCUT2D eigenvalue weighted by molar-refractivity contribution is 8.00. The number of hydrogen-bond acceptors (Lipinski definition) is 3. The van der Waals surface area contributed by atoms with Crippen LogP contribution >= 0.6 is 23.4 Å². The Hall–Kier alpha value is -2.89. The summed E-state index contributed by atoms with van der Waals surface area (Å²) in [4.78, 5) is 19.1. The van der Waals surface area contributed by atoms with Gasteiger partial charge in [-0.1, -0.05) is 41.9 Å². The van der Waals surface area contributed by atoms with Crippen LogP contribution in [-0.2, 0) is 4.79 Å². The van der Waals surface area contributed by atoms with Crippen LogP contribution in [0.15, 0.2) is 83.9 Å². The second-order valence-electron chi connectivity index (χ2n) is 7.87. The third-order valence-corrected chi connectivity index (χ3v) is 6.76. The first-order valence-corrected chi connectivity index (χ1v) is 11.9. The molecule has 1 atom stereocenters. The molecular formula is C26H26ClN3OS. The van der Waals surface area contributed by atoms with Crippen LogP contribution in [0, 0.1) is 0 Å². The third kappa shape index (κ3) is 5.29. The maximum Gasteiger partial charge on any atom is 0.230 e. The number of para-hydroxylation sites is 1. The molecule has 1 heterocycles. The average Bonchev–Trinajstić information content (AvgIpc) is 3.23. The van der Waals surface area contributed by atoms with Crippen LogP contribution in [0.2, 0.25) is 5.02 Å². The fourth-order valence-corrected chi connectivity index (χ4v) is 4.60. The lowest BCUT2D eigenvalue weighted by Crippen LogP contribution is -2.30. The van der Waals surface area contributed by atoms with Gasteiger partial charge in [0.05, 0.1) is 5.75 Å². The van der Waals surface area contributed by atoms with Gasteiger partial charge in [-0.3, -0.25) is 4.79 Å². The van der Waals surface area contributed by atoms with Gasteiger partial charge >= 0.3 is 0 Å². The van der Waals surface area contributed by atoms with Crippen molar-refractivity contribution in [3.8, 4) is 0 Å². The smallest absolute Gasteiger partial charge is 0.230 e. The summed E-state index contributed by atoms with van der Waals surface area (Å²) in [6.45, 7) is 0.531. The van der Waals surface area contributed by atoms with Crippen molar-refractivity contribution in [1.82, 2.24) is 10.3 Å². The summed E-state index contributed by atoms with van der Waals surface area (Å²) in [6, 6.07) is 24.4. The number of fused-ring (bicyclic) bond motifs is 1. The number of benzene rings is 3. The zero-order valence-electron chi connectivity index (χ0n) is 18.1. The molecule has 4 nitrogen and oxygen atoms in total. The Labute approximate surface area is 198 Å². The van der Waals surface area contributed by atoms with E-state index in [1.807, 2.05) is 50.5 Å². The Bertz CT molecular complexity index is 1190. The number of H-pyrrole nitrogens is 1. The summed E-state index contributed by atoms with van der Waals surface area (Å²) in [7, 11) is 4.06. The fraction of sp³-hybridized carbons (Fsp3) is 0.192. The molecule has 32 heavy (non-hydrogen) atoms. The molecule has 0 saturated carbocycles. The Balaban J connectivity index is 1.51. The van der Waals surface area contributed by atoms with Gasteiger partial charge in [0.2, 0.25) is 5.91 Å². The molecule has 1 amide bonds. The summed E-state index contributed by atoms with van der Waals surface area (Å²) in [5, 5.41) is 5.02. The lowest BCUT2D eigenvalue weighted by atomic mass is 9.90. The molecule has 0 aliphatic rings. The number of amides is 1. The minimum absolute atomic E-state index is 0.0136. The zero-order valence-corrected chi connectivity index (χ0v) is 19.7. The molecule has 0 bridgehead atoms. The molecular weight excluding hydrogens is 438 g/mol. The molecule has 1 aromatic heterocycles. The van der Waals surface area contributed by atoms with Crippen LogP contribution in [0.4, 0.5) is 5.69 Å². The quantitative estimate of drug-likeness (QED) is 0.318. The molecule has 0 saturated heterocycles. The van der Waals surface area contributed by atoms with Crippen molar-refractivity contribution in [3.63, 3.8) is 0 Å². The lowest BCUT2D eigenvalue weighted by molar-refractivity contribution is -0.118. The molecule has 0 aliphatic carbocycles. The summed E-state index contributed by atoms with van der Waals surface area (Å²) in [5.41, 5.74) is 4.60. The van der Waals surface area contributed by atoms with Crippen molar-refractivity contribution < 1.29 is 4.79 Å². The van der Waals surface area contributed by atoms with Crippen molar-refractivity contribution >= 4 is 45.9 Å². The molecule has 0 unspecified atom stereocenters. The predicted molar refractivity (Wildman–Crippen MR) is 136 cm³/mol. The number of aromatic nitrogens is 1. The molecule has 4 rings (SSSR count). The minimum Gasteiger partial charge on any atom is -0.378 e. The largest absolute Gasteiger partial charge is 0.378 e. The topological polar surface area (TPSA) is 48.1 Å². The molecule has 2 N–H and O–H groups in total. The molecule has 0 fully saturated rings. The van der Waals surface area contributed by atoms with E-state index in [4.69, 9.17) is 11.6 Å². The molecule has 4 aromatic rings. The molecule has 0 radical (unpaired) electrons. The highest BCUT2D eigenvalue weighted by Gasteiger charge is 2.19. The van der Waals surface area contributed by atoms with Gasteiger partial charge in [0.25, 0.3) is 0 Å². The van der Waals surface area contributed by atoms with Gasteiger partial charge in [-0.2, -0.15) is 0 Å². The maximum atomic E-state index is 12.6. The number of halogens is 1. The number of nitrogens with one attached hydrogen (secondary N) is 2. The van der Waals surface area contributed by atoms with Crippen LogP contribution in [0.1, 0.15) is 17.0 Å². The number of aromatic amines is 1. The van der Waals surface area contributed by atoms with Gasteiger partial charge in [0.1, 0.15) is 0 Å². The van der Waals surface area contributed by atoms with Crippen molar-refractivity contribution in [3.05, 3.63) is 95.1 Å². The van der Waals surface area contributed by atoms with Gasteiger partial charge in [-0.25, -0.2) is 0 Å². The van der Waals surface area contributed by atoms with E-state index in [-0.39, 0.29) is 11.8 Å². The van der Waals surface area contributed by atoms with Gasteiger partial charge in [0.15, 0.2) is 0 Å². The fourth-order valence-electron chi connectivity index (χ4n) is 3.74. The molecule has 6 heteroatoms. The Kier molecular flexibility index (Phi) is 7.08. The zero-order chi connectivity index (χ0) is 22.5. The van der Waals surface area contributed by atoms with Crippen molar-refractivity contribution in [1.29, 1.82) is 0 Å². The van der Waals surface area contributed by atoms with E-state index >= 15 is 0 Å². The predicted octanol–water partition coefficient (Wildman–Crippen LogP) is 5.93. The number of nitrogens with zero attached hydrogens (tertiary/aromatic N) is 1. The summed E-state index contributed by atoms with van der Waals surface area (Å²) >= 11 is 7.45. The first-order chi connectivity index (χ1) is 15.5. The third-order valence-electron chi connectivity index (χ3n) is 5.50. The summed E-state index contributed by atoms with van der Waals surface area (Å²) < 4.78 is 0. The number of hydrogen-bond donors (Lipinski definition) is 2. The van der Waals surface area contributed by atoms with E-state index in [1.165, 1.54) is 28.3 Å². The second kappa shape index (κ2) is 10.2. The molecule has 0 aliphatic heterocycles. The Morgan fingerprint density at radius 2 is 1.75 bits per heavy atom. The average molecular weight is 464 g/mol. The lowest BCUT2D eigenvalue weighted by Gasteiger charge is -2.20. The highest BCUT2D eigenvalue weighted by Crippen LogP contribution is 2.31. The van der Waals surface area contributed by atoms with Crippen molar-refractivity contribution in [2.24, 2.45) is 0 Å². The first kappa shape index (κ1) is 22.3. The van der Waals surface area contributed by atoms with Crippen LogP contribution in [0.25, 0.3) is 10.9 Å². The van der Waals surface area contributed by atoms with Crippen LogP contribution in [0.5, 0.6) is 0 Å². The van der Waals surface area contributed by atoms with E-state index in [0.717, 1.165) is 16.1 Å². The van der Waals surface area contributed by atoms with Crippen molar-refractivity contribution in [2.45, 2.75) is 10.8 Å². The van der Waals surface area contributed by atoms with E-state index in [2.05, 4.69) is 57.8 Å². The van der Waals surface area contributed by atoms with E-state index in [0.29, 0.717) is 17.3 Å². The molecule has 0 spiro atoms. The standard InChI is InChI=1S/C26H26ClN3OS/c1-30(2)20-11-7-18(8-12-20)23(24-16-28-25-6-4-3-5-22(24)25)15-29-26(31)17-32-21-13-9-19(27)10-14-21/h3-14,16,23,28H,15,17H2,1-2H3,(H,29,31)/t23-/m0/s1. The molecule has 164 valence electrons. The van der Waals surface area contributed by atoms with E-state index in [9.17, 15) is 4.79 Å². The molecule has 3 aromatic carbocycles. The summed E-state index contributed by atoms with van der Waals surface area (Å²) in [6.07, 6.45) is 2.06. The van der Waals surface area contributed by atoms with Crippen LogP contribution in [0.3, 0.4) is 0 Å². The van der Waals surface area contributed by atoms with E-state index in [1.54, 1.807) is 0 Å². The number of anilines is 1. The Morgan fingerprint density at radius 3 is 2.47 bits per heavy atom. The SMILES string of the molecule is CN(C)c1ccc([C@H](CNC(=O)CSc2ccc(Cl)cc2)c2c[nH]c3ccccc23)cc1. The number of carbonyl (C=O) groups excluding carboxylic acids is 1. The van der Waals surface area contributed by atoms with Gasteiger partial charge in [-0.15, -0.1) is 11.8 Å². The normalized spacial score (nSPS) is 12.0. The van der Waals surface area contributed by atoms with Crippen molar-refractivity contribution in [2.75, 3.05) is 31.3 Å². The minimum atomic E-state index is 0.0136. The number of rotatable bonds is 8. The first-order valence-electron chi connectivity index (χ1n) is 10.5. The summed E-state index contributed by atoms with van der Waals surface area (Å²) in [5.74, 6) is 0.425. The number of thioether (sulfide) groups is 1. The van der Waals surface area contributed by atoms with Crippen LogP contribution in [-0.4, -0.2) is 37.3 Å². The highest BCUT2D eigenvalue weighted by atomic mass is 35.5. The van der Waals surface area contributed by atoms with Gasteiger partial charge in [-0.05, 0) is 53.6 Å². The maximum absolute atomic E-state index is 12.6. The van der Waals surface area contributed by atoms with Crippen LogP contribution < -0.4 is 10.2 Å². The number of carbonyl (C=O) groups is 1. The van der Waals surface area contributed by atoms with E-state index < -0.39 is 0 Å².